The van der Waals surface area contributed by atoms with Crippen molar-refractivity contribution in [3.8, 4) is 0 Å². The molecule has 2 fully saturated rings. The Morgan fingerprint density at radius 3 is 3.00 bits per heavy atom. The molecule has 0 N–H and O–H groups in total. The van der Waals surface area contributed by atoms with Crippen LogP contribution in [-0.2, 0) is 9.53 Å². The summed E-state index contributed by atoms with van der Waals surface area (Å²) in [6, 6.07) is 0.278. The lowest BCUT2D eigenvalue weighted by atomic mass is 10.1. The van der Waals surface area contributed by atoms with E-state index in [0.29, 0.717) is 22.5 Å². The zero-order valence-corrected chi connectivity index (χ0v) is 11.6. The molecule has 6 nitrogen and oxygen atoms in total. The van der Waals surface area contributed by atoms with E-state index < -0.39 is 0 Å². The summed E-state index contributed by atoms with van der Waals surface area (Å²) in [7, 11) is 0. The van der Waals surface area contributed by atoms with Crippen LogP contribution in [0.2, 0.25) is 5.15 Å². The Kier molecular flexibility index (Phi) is 2.51. The minimum absolute atomic E-state index is 0.0252. The molecular formula is C13H13ClN4O2. The summed E-state index contributed by atoms with van der Waals surface area (Å²) in [6.07, 6.45) is 5.16. The number of nitrogens with zero attached hydrogens (tertiary/aromatic N) is 4. The number of hydrogen-bond acceptors (Lipinski definition) is 5. The Labute approximate surface area is 120 Å². The molecule has 4 rings (SSSR count). The zero-order chi connectivity index (χ0) is 13.9. The second kappa shape index (κ2) is 4.15. The Balaban J connectivity index is 1.68. The van der Waals surface area contributed by atoms with Gasteiger partial charge in [0.2, 0.25) is 0 Å². The van der Waals surface area contributed by atoms with E-state index >= 15 is 0 Å². The SMILES string of the molecule is CC(=O)O[C@H]1C[C@H](n2cnc3c(Cl)ncnc32)[C@@H]2C[C@@H]21. The van der Waals surface area contributed by atoms with Crippen molar-refractivity contribution in [1.29, 1.82) is 0 Å². The molecule has 104 valence electrons. The number of hydrogen-bond donors (Lipinski definition) is 0. The van der Waals surface area contributed by atoms with Crippen LogP contribution in [-0.4, -0.2) is 31.6 Å². The van der Waals surface area contributed by atoms with Crippen LogP contribution in [0.1, 0.15) is 25.8 Å². The van der Waals surface area contributed by atoms with Crippen molar-refractivity contribution in [2.75, 3.05) is 0 Å². The highest BCUT2D eigenvalue weighted by Gasteiger charge is 2.56. The van der Waals surface area contributed by atoms with Gasteiger partial charge in [-0.1, -0.05) is 11.6 Å². The summed E-state index contributed by atoms with van der Waals surface area (Å²) in [6.45, 7) is 1.46. The van der Waals surface area contributed by atoms with Crippen LogP contribution in [0.5, 0.6) is 0 Å². The Bertz CT molecular complexity index is 701. The van der Waals surface area contributed by atoms with Gasteiger partial charge in [0.1, 0.15) is 17.9 Å². The number of carbonyl (C=O) groups excluding carboxylic acids is 1. The number of imidazole rings is 1. The van der Waals surface area contributed by atoms with E-state index in [9.17, 15) is 4.79 Å². The number of carbonyl (C=O) groups is 1. The molecule has 0 radical (unpaired) electrons. The minimum Gasteiger partial charge on any atom is -0.462 e. The van der Waals surface area contributed by atoms with Crippen LogP contribution in [0, 0.1) is 11.8 Å². The summed E-state index contributed by atoms with van der Waals surface area (Å²) in [4.78, 5) is 23.7. The largest absolute Gasteiger partial charge is 0.462 e. The fourth-order valence-electron chi connectivity index (χ4n) is 3.43. The lowest BCUT2D eigenvalue weighted by Gasteiger charge is -2.17. The van der Waals surface area contributed by atoms with Gasteiger partial charge in [0.15, 0.2) is 10.8 Å². The fraction of sp³-hybridized carbons (Fsp3) is 0.538. The number of esters is 1. The molecule has 0 saturated heterocycles. The van der Waals surface area contributed by atoms with Crippen LogP contribution in [0.25, 0.3) is 11.2 Å². The van der Waals surface area contributed by atoms with Crippen LogP contribution in [0.3, 0.4) is 0 Å². The molecule has 2 aromatic heterocycles. The lowest BCUT2D eigenvalue weighted by molar-refractivity contribution is -0.147. The Morgan fingerprint density at radius 2 is 2.20 bits per heavy atom. The van der Waals surface area contributed by atoms with Crippen molar-refractivity contribution in [3.63, 3.8) is 0 Å². The highest BCUT2D eigenvalue weighted by Crippen LogP contribution is 2.58. The van der Waals surface area contributed by atoms with E-state index in [-0.39, 0.29) is 18.1 Å². The summed E-state index contributed by atoms with van der Waals surface area (Å²) in [5.74, 6) is 0.825. The molecule has 0 amide bonds. The molecule has 7 heteroatoms. The van der Waals surface area contributed by atoms with Crippen molar-refractivity contribution >= 4 is 28.7 Å². The van der Waals surface area contributed by atoms with Gasteiger partial charge in [-0.3, -0.25) is 4.79 Å². The molecular weight excluding hydrogens is 280 g/mol. The van der Waals surface area contributed by atoms with Crippen molar-refractivity contribution in [3.05, 3.63) is 17.8 Å². The zero-order valence-electron chi connectivity index (χ0n) is 10.9. The van der Waals surface area contributed by atoms with Gasteiger partial charge in [0, 0.05) is 25.3 Å². The quantitative estimate of drug-likeness (QED) is 0.625. The molecule has 2 heterocycles. The third kappa shape index (κ3) is 1.71. The maximum absolute atomic E-state index is 11.1. The van der Waals surface area contributed by atoms with Crippen molar-refractivity contribution in [2.45, 2.75) is 31.9 Å². The van der Waals surface area contributed by atoms with Gasteiger partial charge >= 0.3 is 5.97 Å². The summed E-state index contributed by atoms with van der Waals surface area (Å²) < 4.78 is 7.45. The van der Waals surface area contributed by atoms with Crippen LogP contribution in [0.15, 0.2) is 12.7 Å². The number of aromatic nitrogens is 4. The highest BCUT2D eigenvalue weighted by molar-refractivity contribution is 6.33. The monoisotopic (exact) mass is 292 g/mol. The molecule has 2 aliphatic carbocycles. The minimum atomic E-state index is -0.206. The number of rotatable bonds is 2. The predicted octanol–water partition coefficient (Wildman–Crippen LogP) is 1.99. The third-order valence-electron chi connectivity index (χ3n) is 4.33. The van der Waals surface area contributed by atoms with Crippen molar-refractivity contribution in [2.24, 2.45) is 11.8 Å². The van der Waals surface area contributed by atoms with Gasteiger partial charge in [-0.2, -0.15) is 0 Å². The van der Waals surface area contributed by atoms with Crippen LogP contribution in [0.4, 0.5) is 0 Å². The molecule has 2 saturated carbocycles. The maximum Gasteiger partial charge on any atom is 0.302 e. The fourth-order valence-corrected chi connectivity index (χ4v) is 3.60. The van der Waals surface area contributed by atoms with Gasteiger partial charge in [-0.15, -0.1) is 0 Å². The molecule has 0 aliphatic heterocycles. The summed E-state index contributed by atoms with van der Waals surface area (Å²) in [5.41, 5.74) is 1.38. The number of fused-ring (bicyclic) bond motifs is 2. The normalized spacial score (nSPS) is 31.3. The molecule has 20 heavy (non-hydrogen) atoms. The third-order valence-corrected chi connectivity index (χ3v) is 4.60. The first kappa shape index (κ1) is 12.1. The first-order valence-electron chi connectivity index (χ1n) is 6.65. The standard InChI is InChI=1S/C13H13ClN4O2/c1-6(19)20-10-3-9(7-2-8(7)10)18-5-17-11-12(14)15-4-16-13(11)18/h4-5,7-10H,2-3H2,1H3/t7-,8+,9+,10+/m1/s1. The van der Waals surface area contributed by atoms with Gasteiger partial charge in [-0.05, 0) is 12.3 Å². The highest BCUT2D eigenvalue weighted by atomic mass is 35.5. The van der Waals surface area contributed by atoms with Gasteiger partial charge < -0.3 is 9.30 Å². The number of halogens is 1. The van der Waals surface area contributed by atoms with E-state index in [0.717, 1.165) is 18.5 Å². The molecule has 2 aromatic rings. The average molecular weight is 293 g/mol. The average Bonchev–Trinajstić information content (AvgIpc) is 2.95. The second-order valence-electron chi connectivity index (χ2n) is 5.50. The van der Waals surface area contributed by atoms with E-state index in [1.54, 1.807) is 6.33 Å². The van der Waals surface area contributed by atoms with E-state index in [2.05, 4.69) is 19.5 Å². The second-order valence-corrected chi connectivity index (χ2v) is 5.86. The Hall–Kier alpha value is -1.69. The molecule has 0 bridgehead atoms. The molecule has 4 atom stereocenters. The first-order valence-corrected chi connectivity index (χ1v) is 7.03. The maximum atomic E-state index is 11.1. The van der Waals surface area contributed by atoms with Gasteiger partial charge in [0.05, 0.1) is 6.33 Å². The lowest BCUT2D eigenvalue weighted by Crippen LogP contribution is -2.18. The smallest absolute Gasteiger partial charge is 0.302 e. The van der Waals surface area contributed by atoms with Crippen LogP contribution < -0.4 is 0 Å². The first-order chi connectivity index (χ1) is 9.65. The van der Waals surface area contributed by atoms with E-state index in [4.69, 9.17) is 16.3 Å². The molecule has 0 unspecified atom stereocenters. The van der Waals surface area contributed by atoms with Crippen molar-refractivity contribution < 1.29 is 9.53 Å². The summed E-state index contributed by atoms with van der Waals surface area (Å²) in [5, 5.41) is 0.371. The topological polar surface area (TPSA) is 69.9 Å². The predicted molar refractivity (Wildman–Crippen MR) is 71.1 cm³/mol. The van der Waals surface area contributed by atoms with Gasteiger partial charge in [0.25, 0.3) is 0 Å². The van der Waals surface area contributed by atoms with Crippen LogP contribution >= 0.6 is 11.6 Å². The Morgan fingerprint density at radius 1 is 1.35 bits per heavy atom. The van der Waals surface area contributed by atoms with E-state index in [1.165, 1.54) is 13.3 Å². The molecule has 0 spiro atoms. The summed E-state index contributed by atoms with van der Waals surface area (Å²) >= 11 is 6.03. The molecule has 2 aliphatic rings. The van der Waals surface area contributed by atoms with Gasteiger partial charge in [-0.25, -0.2) is 15.0 Å². The molecule has 0 aromatic carbocycles. The van der Waals surface area contributed by atoms with Crippen molar-refractivity contribution in [1.82, 2.24) is 19.5 Å². The number of ether oxygens (including phenoxy) is 1. The van der Waals surface area contributed by atoms with E-state index in [1.807, 2.05) is 0 Å².